The Morgan fingerprint density at radius 1 is 1.16 bits per heavy atom. The van der Waals surface area contributed by atoms with Crippen molar-refractivity contribution in [2.45, 2.75) is 39.5 Å². The van der Waals surface area contributed by atoms with Gasteiger partial charge in [-0.05, 0) is 51.2 Å². The van der Waals surface area contributed by atoms with E-state index in [1.807, 2.05) is 6.92 Å². The molecule has 1 aliphatic heterocycles. The summed E-state index contributed by atoms with van der Waals surface area (Å²) in [6.07, 6.45) is 4.34. The molecule has 0 amide bonds. The molecule has 1 aliphatic rings. The Morgan fingerprint density at radius 3 is 2.53 bits per heavy atom. The third-order valence-electron chi connectivity index (χ3n) is 3.69. The van der Waals surface area contributed by atoms with Gasteiger partial charge in [-0.25, -0.2) is 8.42 Å². The summed E-state index contributed by atoms with van der Waals surface area (Å²) in [5, 5.41) is 3.43. The number of hydrogen-bond acceptors (Lipinski definition) is 4. The van der Waals surface area contributed by atoms with Gasteiger partial charge in [-0.1, -0.05) is 13.8 Å². The van der Waals surface area contributed by atoms with Gasteiger partial charge in [-0.3, -0.25) is 0 Å². The van der Waals surface area contributed by atoms with Gasteiger partial charge in [0.25, 0.3) is 0 Å². The minimum absolute atomic E-state index is 0.320. The third-order valence-corrected chi connectivity index (χ3v) is 5.52. The zero-order chi connectivity index (χ0) is 14.1. The average Bonchev–Trinajstić information content (AvgIpc) is 2.37. The van der Waals surface area contributed by atoms with Crippen LogP contribution in [0.4, 0.5) is 0 Å². The Hall–Kier alpha value is -0.130. The topological polar surface area (TPSA) is 49.4 Å². The van der Waals surface area contributed by atoms with Crippen LogP contribution < -0.4 is 5.32 Å². The lowest BCUT2D eigenvalue weighted by atomic mass is 9.99. The molecule has 1 atom stereocenters. The molecule has 4 nitrogen and oxygen atoms in total. The first-order valence-corrected chi connectivity index (χ1v) is 9.53. The van der Waals surface area contributed by atoms with E-state index in [0.29, 0.717) is 24.0 Å². The van der Waals surface area contributed by atoms with Crippen molar-refractivity contribution in [3.63, 3.8) is 0 Å². The largest absolute Gasteiger partial charge is 0.316 e. The maximum Gasteiger partial charge on any atom is 0.151 e. The lowest BCUT2D eigenvalue weighted by Gasteiger charge is -2.29. The summed E-state index contributed by atoms with van der Waals surface area (Å²) in [5.41, 5.74) is 0. The molecule has 0 spiro atoms. The first-order chi connectivity index (χ1) is 9.07. The van der Waals surface area contributed by atoms with Crippen molar-refractivity contribution in [2.24, 2.45) is 5.92 Å². The van der Waals surface area contributed by atoms with E-state index >= 15 is 0 Å². The number of piperidine rings is 1. The summed E-state index contributed by atoms with van der Waals surface area (Å²) >= 11 is 0. The number of nitrogens with zero attached hydrogens (tertiary/aromatic N) is 1. The van der Waals surface area contributed by atoms with Crippen LogP contribution >= 0.6 is 0 Å². The van der Waals surface area contributed by atoms with Crippen LogP contribution in [0, 0.1) is 5.92 Å². The first kappa shape index (κ1) is 16.9. The quantitative estimate of drug-likeness (QED) is 0.699. The molecule has 1 saturated heterocycles. The lowest BCUT2D eigenvalue weighted by molar-refractivity contribution is 0.217. The molecule has 0 aliphatic carbocycles. The smallest absolute Gasteiger partial charge is 0.151 e. The molecule has 0 bridgehead atoms. The first-order valence-electron chi connectivity index (χ1n) is 7.71. The van der Waals surface area contributed by atoms with E-state index in [0.717, 1.165) is 39.0 Å². The highest BCUT2D eigenvalue weighted by Crippen LogP contribution is 2.12. The fraction of sp³-hybridized carbons (Fsp3) is 1.00. The van der Waals surface area contributed by atoms with Gasteiger partial charge in [0.1, 0.15) is 0 Å². The molecule has 1 rings (SSSR count). The van der Waals surface area contributed by atoms with Gasteiger partial charge >= 0.3 is 0 Å². The van der Waals surface area contributed by atoms with Crippen molar-refractivity contribution < 1.29 is 8.42 Å². The van der Waals surface area contributed by atoms with E-state index in [1.54, 1.807) is 0 Å². The highest BCUT2D eigenvalue weighted by molar-refractivity contribution is 7.91. The standard InChI is InChI=1S/C14H30N2O2S/c1-3-8-16(9-11-19(17,18)10-4-2)13-14-6-5-7-15-12-14/h14-15H,3-13H2,1-2H3. The highest BCUT2D eigenvalue weighted by atomic mass is 32.2. The van der Waals surface area contributed by atoms with Crippen molar-refractivity contribution in [1.82, 2.24) is 10.2 Å². The summed E-state index contributed by atoms with van der Waals surface area (Å²) in [7, 11) is -2.84. The second-order valence-corrected chi connectivity index (χ2v) is 7.97. The van der Waals surface area contributed by atoms with Gasteiger partial charge in [0.15, 0.2) is 9.84 Å². The van der Waals surface area contributed by atoms with E-state index in [2.05, 4.69) is 17.1 Å². The lowest BCUT2D eigenvalue weighted by Crippen LogP contribution is -2.40. The summed E-state index contributed by atoms with van der Waals surface area (Å²) in [5.74, 6) is 1.34. The number of nitrogens with one attached hydrogen (secondary N) is 1. The second-order valence-electron chi connectivity index (χ2n) is 5.66. The zero-order valence-electron chi connectivity index (χ0n) is 12.5. The number of sulfone groups is 1. The molecule has 114 valence electrons. The predicted molar refractivity (Wildman–Crippen MR) is 81.3 cm³/mol. The van der Waals surface area contributed by atoms with Crippen molar-refractivity contribution in [3.8, 4) is 0 Å². The van der Waals surface area contributed by atoms with Crippen molar-refractivity contribution in [2.75, 3.05) is 44.2 Å². The van der Waals surface area contributed by atoms with E-state index in [9.17, 15) is 8.42 Å². The average molecular weight is 290 g/mol. The SMILES string of the molecule is CCCN(CCS(=O)(=O)CCC)CC1CCCNC1. The molecule has 19 heavy (non-hydrogen) atoms. The Bertz CT molecular complexity index is 324. The molecule has 0 radical (unpaired) electrons. The minimum atomic E-state index is -2.84. The van der Waals surface area contributed by atoms with Gasteiger partial charge < -0.3 is 10.2 Å². The van der Waals surface area contributed by atoms with Gasteiger partial charge in [0.2, 0.25) is 0 Å². The van der Waals surface area contributed by atoms with Gasteiger partial charge in [0, 0.05) is 18.8 Å². The normalized spacial score (nSPS) is 20.9. The summed E-state index contributed by atoms with van der Waals surface area (Å²) in [6.45, 7) is 9.06. The molecular formula is C14H30N2O2S. The van der Waals surface area contributed by atoms with E-state index < -0.39 is 9.84 Å². The number of hydrogen-bond donors (Lipinski definition) is 1. The van der Waals surface area contributed by atoms with E-state index in [-0.39, 0.29) is 0 Å². The predicted octanol–water partition coefficient (Wildman–Crippen LogP) is 1.52. The van der Waals surface area contributed by atoms with Gasteiger partial charge in [-0.15, -0.1) is 0 Å². The fourth-order valence-corrected chi connectivity index (χ4v) is 4.10. The maximum atomic E-state index is 11.8. The molecule has 0 aromatic carbocycles. The van der Waals surface area contributed by atoms with Crippen molar-refractivity contribution >= 4 is 9.84 Å². The van der Waals surface area contributed by atoms with Gasteiger partial charge in [-0.2, -0.15) is 0 Å². The second kappa shape index (κ2) is 8.93. The summed E-state index contributed by atoms with van der Waals surface area (Å²) in [4.78, 5) is 2.34. The molecular weight excluding hydrogens is 260 g/mol. The Kier molecular flexibility index (Phi) is 7.95. The van der Waals surface area contributed by atoms with E-state index in [4.69, 9.17) is 0 Å². The molecule has 1 unspecified atom stereocenters. The molecule has 5 heteroatoms. The number of rotatable bonds is 9. The maximum absolute atomic E-state index is 11.8. The van der Waals surface area contributed by atoms with Crippen LogP contribution in [0.25, 0.3) is 0 Å². The van der Waals surface area contributed by atoms with Crippen molar-refractivity contribution in [1.29, 1.82) is 0 Å². The molecule has 0 aromatic rings. The molecule has 1 N–H and O–H groups in total. The van der Waals surface area contributed by atoms with Crippen molar-refractivity contribution in [3.05, 3.63) is 0 Å². The zero-order valence-corrected chi connectivity index (χ0v) is 13.3. The molecule has 0 saturated carbocycles. The molecule has 1 heterocycles. The Labute approximate surface area is 118 Å². The Morgan fingerprint density at radius 2 is 1.95 bits per heavy atom. The molecule has 0 aromatic heterocycles. The van der Waals surface area contributed by atoms with Crippen LogP contribution in [0.1, 0.15) is 39.5 Å². The van der Waals surface area contributed by atoms with E-state index in [1.165, 1.54) is 12.8 Å². The van der Waals surface area contributed by atoms with Crippen LogP contribution in [0.3, 0.4) is 0 Å². The van der Waals surface area contributed by atoms with Gasteiger partial charge in [0.05, 0.1) is 5.75 Å². The summed E-state index contributed by atoms with van der Waals surface area (Å²) < 4.78 is 23.6. The monoisotopic (exact) mass is 290 g/mol. The molecule has 1 fully saturated rings. The highest BCUT2D eigenvalue weighted by Gasteiger charge is 2.18. The van der Waals surface area contributed by atoms with Crippen LogP contribution in [-0.4, -0.2) is 57.5 Å². The van der Waals surface area contributed by atoms with Crippen LogP contribution in [-0.2, 0) is 9.84 Å². The summed E-state index contributed by atoms with van der Waals surface area (Å²) in [6, 6.07) is 0. The minimum Gasteiger partial charge on any atom is -0.316 e. The van der Waals surface area contributed by atoms with Crippen LogP contribution in [0.15, 0.2) is 0 Å². The Balaban J connectivity index is 2.38. The van der Waals surface area contributed by atoms with Crippen LogP contribution in [0.5, 0.6) is 0 Å². The fourth-order valence-electron chi connectivity index (χ4n) is 2.74. The van der Waals surface area contributed by atoms with Crippen LogP contribution in [0.2, 0.25) is 0 Å². The third kappa shape index (κ3) is 7.28.